The molecule has 1 aliphatic rings. The Balaban J connectivity index is 1.61. The van der Waals surface area contributed by atoms with Gasteiger partial charge in [0.25, 0.3) is 0 Å². The summed E-state index contributed by atoms with van der Waals surface area (Å²) < 4.78 is 12.5. The van der Waals surface area contributed by atoms with E-state index >= 15 is 0 Å². The van der Waals surface area contributed by atoms with Crippen LogP contribution in [-0.4, -0.2) is 39.3 Å². The summed E-state index contributed by atoms with van der Waals surface area (Å²) in [6.07, 6.45) is 0.648. The van der Waals surface area contributed by atoms with Crippen molar-refractivity contribution in [1.29, 1.82) is 0 Å². The molecular weight excluding hydrogens is 386 g/mol. The van der Waals surface area contributed by atoms with Gasteiger partial charge in [-0.3, -0.25) is 9.48 Å². The zero-order valence-corrected chi connectivity index (χ0v) is 17.4. The van der Waals surface area contributed by atoms with Gasteiger partial charge in [-0.1, -0.05) is 0 Å². The average molecular weight is 411 g/mol. The number of nitrogens with zero attached hydrogens (tertiary/aromatic N) is 3. The van der Waals surface area contributed by atoms with Gasteiger partial charge >= 0.3 is 5.63 Å². The topological polar surface area (TPSA) is 97.8 Å². The number of rotatable bonds is 5. The molecule has 158 valence electrons. The number of carbonyl (C=O) groups is 1. The van der Waals surface area contributed by atoms with E-state index < -0.39 is 5.63 Å². The van der Waals surface area contributed by atoms with E-state index in [1.54, 1.807) is 24.1 Å². The molecule has 1 aromatic carbocycles. The van der Waals surface area contributed by atoms with Crippen LogP contribution < -0.4 is 10.4 Å². The van der Waals surface area contributed by atoms with Crippen LogP contribution in [0, 0.1) is 6.92 Å². The lowest BCUT2D eigenvalue weighted by Crippen LogP contribution is -2.38. The molecule has 0 spiro atoms. The van der Waals surface area contributed by atoms with E-state index in [4.69, 9.17) is 9.15 Å². The van der Waals surface area contributed by atoms with Gasteiger partial charge in [-0.25, -0.2) is 4.79 Å². The highest BCUT2D eigenvalue weighted by Crippen LogP contribution is 2.26. The predicted molar refractivity (Wildman–Crippen MR) is 110 cm³/mol. The minimum atomic E-state index is -0.505. The SMILES string of the molecule is CCn1nc(CO)c2c1CCN(C(=O)Cc1c(C)c3ccc(OC)cc3oc1=O)C2. The van der Waals surface area contributed by atoms with Crippen molar-refractivity contribution in [3.63, 3.8) is 0 Å². The number of fused-ring (bicyclic) bond motifs is 2. The second kappa shape index (κ2) is 7.95. The first-order chi connectivity index (χ1) is 14.5. The minimum absolute atomic E-state index is 0.0259. The third kappa shape index (κ3) is 3.37. The Morgan fingerprint density at radius 1 is 1.37 bits per heavy atom. The molecule has 1 amide bonds. The molecule has 2 aromatic heterocycles. The van der Waals surface area contributed by atoms with E-state index in [2.05, 4.69) is 5.10 Å². The molecule has 1 aliphatic heterocycles. The fourth-order valence-corrected chi connectivity index (χ4v) is 4.13. The maximum atomic E-state index is 13.0. The molecule has 0 atom stereocenters. The number of aliphatic hydroxyl groups is 1. The van der Waals surface area contributed by atoms with Crippen molar-refractivity contribution in [3.05, 3.63) is 56.7 Å². The number of benzene rings is 1. The van der Waals surface area contributed by atoms with Crippen molar-refractivity contribution in [2.45, 2.75) is 46.4 Å². The summed E-state index contributed by atoms with van der Waals surface area (Å²) in [5, 5.41) is 14.9. The van der Waals surface area contributed by atoms with Gasteiger partial charge < -0.3 is 19.2 Å². The summed E-state index contributed by atoms with van der Waals surface area (Å²) in [5.74, 6) is 0.461. The number of aromatic nitrogens is 2. The average Bonchev–Trinajstić information content (AvgIpc) is 3.13. The normalized spacial score (nSPS) is 13.5. The molecule has 0 saturated heterocycles. The highest BCUT2D eigenvalue weighted by atomic mass is 16.5. The molecule has 8 heteroatoms. The van der Waals surface area contributed by atoms with E-state index in [1.807, 2.05) is 24.6 Å². The van der Waals surface area contributed by atoms with Crippen LogP contribution in [0.25, 0.3) is 11.0 Å². The minimum Gasteiger partial charge on any atom is -0.497 e. The van der Waals surface area contributed by atoms with Gasteiger partial charge in [-0.15, -0.1) is 0 Å². The summed E-state index contributed by atoms with van der Waals surface area (Å²) in [4.78, 5) is 27.3. The first-order valence-corrected chi connectivity index (χ1v) is 10.0. The van der Waals surface area contributed by atoms with E-state index in [1.165, 1.54) is 0 Å². The third-order valence-electron chi connectivity index (χ3n) is 5.84. The first-order valence-electron chi connectivity index (χ1n) is 10.0. The highest BCUT2D eigenvalue weighted by Gasteiger charge is 2.28. The Bertz CT molecular complexity index is 1180. The monoisotopic (exact) mass is 411 g/mol. The Labute approximate surface area is 173 Å². The van der Waals surface area contributed by atoms with Crippen molar-refractivity contribution < 1.29 is 19.1 Å². The van der Waals surface area contributed by atoms with Crippen molar-refractivity contribution in [3.8, 4) is 5.75 Å². The lowest BCUT2D eigenvalue weighted by molar-refractivity contribution is -0.131. The summed E-state index contributed by atoms with van der Waals surface area (Å²) in [7, 11) is 1.55. The fraction of sp³-hybridized carbons (Fsp3) is 0.409. The van der Waals surface area contributed by atoms with E-state index in [9.17, 15) is 14.7 Å². The second-order valence-corrected chi connectivity index (χ2v) is 7.44. The Kier molecular flexibility index (Phi) is 5.34. The lowest BCUT2D eigenvalue weighted by atomic mass is 10.0. The van der Waals surface area contributed by atoms with Crippen LogP contribution in [0.15, 0.2) is 27.4 Å². The number of aryl methyl sites for hydroxylation is 2. The number of methoxy groups -OCH3 is 1. The highest BCUT2D eigenvalue weighted by molar-refractivity contribution is 5.85. The number of amides is 1. The quantitative estimate of drug-likeness (QED) is 0.645. The molecule has 0 aliphatic carbocycles. The van der Waals surface area contributed by atoms with Gasteiger partial charge in [0.15, 0.2) is 0 Å². The summed E-state index contributed by atoms with van der Waals surface area (Å²) >= 11 is 0. The molecule has 3 heterocycles. The van der Waals surface area contributed by atoms with Crippen molar-refractivity contribution in [1.82, 2.24) is 14.7 Å². The van der Waals surface area contributed by atoms with Gasteiger partial charge in [0.2, 0.25) is 5.91 Å². The Morgan fingerprint density at radius 2 is 2.17 bits per heavy atom. The van der Waals surface area contributed by atoms with Crippen molar-refractivity contribution in [2.24, 2.45) is 0 Å². The van der Waals surface area contributed by atoms with E-state index in [0.717, 1.165) is 28.8 Å². The zero-order chi connectivity index (χ0) is 21.4. The smallest absolute Gasteiger partial charge is 0.340 e. The van der Waals surface area contributed by atoms with Crippen LogP contribution in [0.2, 0.25) is 0 Å². The summed E-state index contributed by atoms with van der Waals surface area (Å²) in [6.45, 7) is 5.34. The molecule has 0 saturated carbocycles. The van der Waals surface area contributed by atoms with Crippen LogP contribution in [0.1, 0.15) is 35.0 Å². The van der Waals surface area contributed by atoms with Gasteiger partial charge in [0, 0.05) is 48.8 Å². The second-order valence-electron chi connectivity index (χ2n) is 7.44. The predicted octanol–water partition coefficient (Wildman–Crippen LogP) is 1.95. The molecule has 30 heavy (non-hydrogen) atoms. The van der Waals surface area contributed by atoms with Crippen LogP contribution in [0.4, 0.5) is 0 Å². The maximum absolute atomic E-state index is 13.0. The van der Waals surface area contributed by atoms with Gasteiger partial charge in [-0.05, 0) is 31.5 Å². The molecule has 4 rings (SSSR count). The Morgan fingerprint density at radius 3 is 2.87 bits per heavy atom. The molecule has 0 fully saturated rings. The van der Waals surface area contributed by atoms with Crippen LogP contribution in [-0.2, 0) is 37.3 Å². The third-order valence-corrected chi connectivity index (χ3v) is 5.84. The van der Waals surface area contributed by atoms with E-state index in [0.29, 0.717) is 42.1 Å². The van der Waals surface area contributed by atoms with Crippen molar-refractivity contribution in [2.75, 3.05) is 13.7 Å². The van der Waals surface area contributed by atoms with Gasteiger partial charge in [-0.2, -0.15) is 5.10 Å². The molecule has 0 bridgehead atoms. The van der Waals surface area contributed by atoms with E-state index in [-0.39, 0.29) is 18.9 Å². The first kappa shape index (κ1) is 20.2. The molecule has 8 nitrogen and oxygen atoms in total. The summed E-state index contributed by atoms with van der Waals surface area (Å²) in [6, 6.07) is 5.30. The number of hydrogen-bond acceptors (Lipinski definition) is 6. The standard InChI is InChI=1S/C22H25N3O5/c1-4-25-19-7-8-24(11-17(19)18(12-26)23-25)21(27)10-16-13(2)15-6-5-14(29-3)9-20(15)30-22(16)28/h5-6,9,26H,4,7-8,10-12H2,1-3H3. The molecule has 1 N–H and O–H groups in total. The largest absolute Gasteiger partial charge is 0.497 e. The molecule has 0 unspecified atom stereocenters. The van der Waals surface area contributed by atoms with Crippen LogP contribution in [0.3, 0.4) is 0 Å². The van der Waals surface area contributed by atoms with Crippen LogP contribution in [0.5, 0.6) is 5.75 Å². The van der Waals surface area contributed by atoms with Gasteiger partial charge in [0.1, 0.15) is 11.3 Å². The van der Waals surface area contributed by atoms with Crippen molar-refractivity contribution >= 4 is 16.9 Å². The number of carbonyl (C=O) groups excluding carboxylic acids is 1. The number of aliphatic hydroxyl groups excluding tert-OH is 1. The molecule has 0 radical (unpaired) electrons. The summed E-state index contributed by atoms with van der Waals surface area (Å²) in [5.41, 5.74) is 3.64. The number of ether oxygens (including phenoxy) is 1. The van der Waals surface area contributed by atoms with Crippen LogP contribution >= 0.6 is 0 Å². The molecule has 3 aromatic rings. The fourth-order valence-electron chi connectivity index (χ4n) is 4.13. The number of hydrogen-bond donors (Lipinski definition) is 1. The molecular formula is C22H25N3O5. The lowest BCUT2D eigenvalue weighted by Gasteiger charge is -2.28. The maximum Gasteiger partial charge on any atom is 0.340 e. The van der Waals surface area contributed by atoms with Gasteiger partial charge in [0.05, 0.1) is 31.4 Å². The zero-order valence-electron chi connectivity index (χ0n) is 17.4. The Hall–Kier alpha value is -3.13.